The number of aryl methyl sites for hydroxylation is 1. The van der Waals surface area contributed by atoms with E-state index in [4.69, 9.17) is 4.98 Å². The molecule has 0 bridgehead atoms. The highest BCUT2D eigenvalue weighted by atomic mass is 15.3. The lowest BCUT2D eigenvalue weighted by molar-refractivity contribution is 0.138. The first-order valence-corrected chi connectivity index (χ1v) is 8.04. The van der Waals surface area contributed by atoms with Gasteiger partial charge in [0.1, 0.15) is 17.5 Å². The maximum Gasteiger partial charge on any atom is 0.134 e. The smallest absolute Gasteiger partial charge is 0.134 e. The Bertz CT molecular complexity index is 472. The van der Waals surface area contributed by atoms with Gasteiger partial charge < -0.3 is 10.2 Å². The van der Waals surface area contributed by atoms with Gasteiger partial charge in [-0.05, 0) is 27.3 Å². The van der Waals surface area contributed by atoms with Crippen LogP contribution < -0.4 is 10.2 Å². The molecule has 1 aliphatic heterocycles. The lowest BCUT2D eigenvalue weighted by Gasteiger charge is -2.45. The van der Waals surface area contributed by atoms with Crippen molar-refractivity contribution in [2.45, 2.75) is 46.1 Å². The number of nitrogens with zero attached hydrogens (tertiary/aromatic N) is 4. The molecule has 1 aromatic heterocycles. The van der Waals surface area contributed by atoms with Crippen molar-refractivity contribution in [2.24, 2.45) is 0 Å². The summed E-state index contributed by atoms with van der Waals surface area (Å²) in [7, 11) is 2.20. The molecule has 0 radical (unpaired) electrons. The Hall–Kier alpha value is -1.36. The molecule has 21 heavy (non-hydrogen) atoms. The number of nitrogens with one attached hydrogen (secondary N) is 1. The number of likely N-dealkylation sites (N-methyl/N-ethyl adjacent to an activating group) is 1. The largest absolute Gasteiger partial charge is 0.370 e. The maximum atomic E-state index is 4.73. The quantitative estimate of drug-likeness (QED) is 0.902. The van der Waals surface area contributed by atoms with Crippen molar-refractivity contribution in [2.75, 3.05) is 43.4 Å². The molecule has 0 aromatic carbocycles. The SMILES string of the molecule is CCCNc1cc(N2CCN(C)C(C)(C)C2)nc(CC)n1. The van der Waals surface area contributed by atoms with Crippen molar-refractivity contribution >= 4 is 11.6 Å². The summed E-state index contributed by atoms with van der Waals surface area (Å²) < 4.78 is 0. The molecule has 0 unspecified atom stereocenters. The summed E-state index contributed by atoms with van der Waals surface area (Å²) in [5, 5.41) is 3.39. The molecule has 1 saturated heterocycles. The van der Waals surface area contributed by atoms with E-state index in [1.54, 1.807) is 0 Å². The zero-order valence-electron chi connectivity index (χ0n) is 14.1. The summed E-state index contributed by atoms with van der Waals surface area (Å²) in [6, 6.07) is 2.09. The molecule has 0 spiro atoms. The predicted molar refractivity (Wildman–Crippen MR) is 89.1 cm³/mol. The van der Waals surface area contributed by atoms with Crippen LogP contribution in [0.25, 0.3) is 0 Å². The highest BCUT2D eigenvalue weighted by Crippen LogP contribution is 2.24. The number of rotatable bonds is 5. The van der Waals surface area contributed by atoms with Gasteiger partial charge in [-0.15, -0.1) is 0 Å². The first kappa shape index (κ1) is 16.0. The minimum Gasteiger partial charge on any atom is -0.370 e. The topological polar surface area (TPSA) is 44.3 Å². The van der Waals surface area contributed by atoms with Gasteiger partial charge in [-0.1, -0.05) is 13.8 Å². The van der Waals surface area contributed by atoms with Crippen LogP contribution in [0.2, 0.25) is 0 Å². The van der Waals surface area contributed by atoms with E-state index in [1.165, 1.54) is 0 Å². The molecule has 0 amide bonds. The van der Waals surface area contributed by atoms with E-state index in [0.717, 1.165) is 56.5 Å². The van der Waals surface area contributed by atoms with E-state index in [-0.39, 0.29) is 5.54 Å². The molecule has 1 N–H and O–H groups in total. The van der Waals surface area contributed by atoms with Gasteiger partial charge >= 0.3 is 0 Å². The number of aromatic nitrogens is 2. The fourth-order valence-corrected chi connectivity index (χ4v) is 2.58. The molecule has 118 valence electrons. The monoisotopic (exact) mass is 291 g/mol. The Morgan fingerprint density at radius 2 is 2.00 bits per heavy atom. The molecule has 2 rings (SSSR count). The maximum absolute atomic E-state index is 4.73. The summed E-state index contributed by atoms with van der Waals surface area (Å²) in [5.74, 6) is 2.93. The molecule has 5 heteroatoms. The van der Waals surface area contributed by atoms with Gasteiger partial charge in [0.15, 0.2) is 0 Å². The van der Waals surface area contributed by atoms with E-state index in [9.17, 15) is 0 Å². The van der Waals surface area contributed by atoms with Crippen molar-refractivity contribution in [3.05, 3.63) is 11.9 Å². The van der Waals surface area contributed by atoms with E-state index in [1.807, 2.05) is 0 Å². The molecular formula is C16H29N5. The fraction of sp³-hybridized carbons (Fsp3) is 0.750. The first-order chi connectivity index (χ1) is 9.96. The Kier molecular flexibility index (Phi) is 5.04. The van der Waals surface area contributed by atoms with Crippen molar-refractivity contribution in [3.8, 4) is 0 Å². The standard InChI is InChI=1S/C16H29N5/c1-6-8-17-14-11-15(19-13(7-2)18-14)21-10-9-20(5)16(3,4)12-21/h11H,6-10,12H2,1-5H3,(H,17,18,19). The Labute approximate surface area is 128 Å². The van der Waals surface area contributed by atoms with Gasteiger partial charge in [0, 0.05) is 44.2 Å². The summed E-state index contributed by atoms with van der Waals surface area (Å²) in [6.07, 6.45) is 1.97. The average molecular weight is 291 g/mol. The molecule has 1 aromatic rings. The van der Waals surface area contributed by atoms with Crippen molar-refractivity contribution in [1.29, 1.82) is 0 Å². The van der Waals surface area contributed by atoms with Crippen LogP contribution in [0.15, 0.2) is 6.07 Å². The van der Waals surface area contributed by atoms with Crippen LogP contribution in [0.4, 0.5) is 11.6 Å². The second-order valence-electron chi connectivity index (χ2n) is 6.46. The van der Waals surface area contributed by atoms with Crippen LogP contribution in [0.3, 0.4) is 0 Å². The number of hydrogen-bond donors (Lipinski definition) is 1. The van der Waals surface area contributed by atoms with E-state index in [2.05, 4.69) is 60.9 Å². The predicted octanol–water partition coefficient (Wildman–Crippen LogP) is 2.39. The van der Waals surface area contributed by atoms with Crippen molar-refractivity contribution in [1.82, 2.24) is 14.9 Å². The van der Waals surface area contributed by atoms with Crippen LogP contribution in [-0.4, -0.2) is 53.6 Å². The minimum atomic E-state index is 0.173. The van der Waals surface area contributed by atoms with Crippen LogP contribution in [0.5, 0.6) is 0 Å². The first-order valence-electron chi connectivity index (χ1n) is 8.04. The second-order valence-corrected chi connectivity index (χ2v) is 6.46. The van der Waals surface area contributed by atoms with Gasteiger partial charge in [-0.25, -0.2) is 9.97 Å². The van der Waals surface area contributed by atoms with Crippen molar-refractivity contribution < 1.29 is 0 Å². The molecule has 2 heterocycles. The highest BCUT2D eigenvalue weighted by Gasteiger charge is 2.31. The van der Waals surface area contributed by atoms with Gasteiger partial charge in [0.05, 0.1) is 0 Å². The number of anilines is 2. The van der Waals surface area contributed by atoms with Gasteiger partial charge in [0.25, 0.3) is 0 Å². The molecule has 5 nitrogen and oxygen atoms in total. The van der Waals surface area contributed by atoms with E-state index in [0.29, 0.717) is 0 Å². The molecule has 1 fully saturated rings. The summed E-state index contributed by atoms with van der Waals surface area (Å²) >= 11 is 0. The molecule has 1 aliphatic rings. The Morgan fingerprint density at radius 3 is 2.62 bits per heavy atom. The van der Waals surface area contributed by atoms with Gasteiger partial charge in [-0.3, -0.25) is 4.90 Å². The zero-order chi connectivity index (χ0) is 15.5. The lowest BCUT2D eigenvalue weighted by Crippen LogP contribution is -2.57. The zero-order valence-corrected chi connectivity index (χ0v) is 14.1. The van der Waals surface area contributed by atoms with Crippen LogP contribution >= 0.6 is 0 Å². The molecule has 0 atom stereocenters. The van der Waals surface area contributed by atoms with Crippen LogP contribution in [0, 0.1) is 0 Å². The van der Waals surface area contributed by atoms with Gasteiger partial charge in [0.2, 0.25) is 0 Å². The molecule has 0 aliphatic carbocycles. The average Bonchev–Trinajstić information content (AvgIpc) is 2.47. The Balaban J connectivity index is 2.22. The Morgan fingerprint density at radius 1 is 1.24 bits per heavy atom. The van der Waals surface area contributed by atoms with Crippen LogP contribution in [0.1, 0.15) is 39.9 Å². The summed E-state index contributed by atoms with van der Waals surface area (Å²) in [6.45, 7) is 12.9. The normalized spacial score (nSPS) is 18.8. The second kappa shape index (κ2) is 6.60. The summed E-state index contributed by atoms with van der Waals surface area (Å²) in [4.78, 5) is 14.1. The third-order valence-electron chi connectivity index (χ3n) is 4.27. The third kappa shape index (κ3) is 3.84. The number of piperazine rings is 1. The summed E-state index contributed by atoms with van der Waals surface area (Å²) in [5.41, 5.74) is 0.173. The van der Waals surface area contributed by atoms with E-state index < -0.39 is 0 Å². The van der Waals surface area contributed by atoms with Gasteiger partial charge in [-0.2, -0.15) is 0 Å². The fourth-order valence-electron chi connectivity index (χ4n) is 2.58. The van der Waals surface area contributed by atoms with Crippen molar-refractivity contribution in [3.63, 3.8) is 0 Å². The molecule has 0 saturated carbocycles. The van der Waals surface area contributed by atoms with Crippen LogP contribution in [-0.2, 0) is 6.42 Å². The van der Waals surface area contributed by atoms with E-state index >= 15 is 0 Å². The number of hydrogen-bond acceptors (Lipinski definition) is 5. The lowest BCUT2D eigenvalue weighted by atomic mass is 10.00. The third-order valence-corrected chi connectivity index (χ3v) is 4.27. The minimum absolute atomic E-state index is 0.173. The highest BCUT2D eigenvalue weighted by molar-refractivity contribution is 5.50. The molecular weight excluding hydrogens is 262 g/mol.